The summed E-state index contributed by atoms with van der Waals surface area (Å²) in [7, 11) is 0. The van der Waals surface area contributed by atoms with Crippen LogP contribution in [0.3, 0.4) is 0 Å². The van der Waals surface area contributed by atoms with Gasteiger partial charge < -0.3 is 4.57 Å². The third-order valence-electron chi connectivity index (χ3n) is 6.06. The van der Waals surface area contributed by atoms with Crippen molar-refractivity contribution >= 4 is 0 Å². The maximum absolute atomic E-state index is 12.7. The van der Waals surface area contributed by atoms with Gasteiger partial charge in [0, 0.05) is 28.7 Å². The molecule has 0 bridgehead atoms. The number of hydrogen-bond donors (Lipinski definition) is 0. The standard InChI is InChI=1S/C22H27NO/c1-16-21(24)15-20(17-9-5-6-10-17)23(19-13-3-2-4-14-19)22(16)18-11-7-8-12-18/h2-4,13-15,17-18H,5-12H2,1H3. The van der Waals surface area contributed by atoms with E-state index in [0.29, 0.717) is 11.8 Å². The fraction of sp³-hybridized carbons (Fsp3) is 0.500. The Morgan fingerprint density at radius 3 is 2.08 bits per heavy atom. The van der Waals surface area contributed by atoms with Gasteiger partial charge in [0.15, 0.2) is 5.43 Å². The molecule has 0 radical (unpaired) electrons. The summed E-state index contributed by atoms with van der Waals surface area (Å²) < 4.78 is 2.46. The average molecular weight is 321 g/mol. The maximum atomic E-state index is 12.7. The molecule has 2 heteroatoms. The topological polar surface area (TPSA) is 22.0 Å². The summed E-state index contributed by atoms with van der Waals surface area (Å²) in [6.07, 6.45) is 10.1. The van der Waals surface area contributed by atoms with Gasteiger partial charge in [0.05, 0.1) is 0 Å². The molecule has 0 aliphatic heterocycles. The molecule has 2 aliphatic carbocycles. The van der Waals surface area contributed by atoms with Gasteiger partial charge in [0.2, 0.25) is 0 Å². The van der Waals surface area contributed by atoms with E-state index >= 15 is 0 Å². The van der Waals surface area contributed by atoms with Crippen molar-refractivity contribution in [3.63, 3.8) is 0 Å². The van der Waals surface area contributed by atoms with Crippen LogP contribution in [0.25, 0.3) is 5.69 Å². The van der Waals surface area contributed by atoms with Crippen molar-refractivity contribution < 1.29 is 0 Å². The van der Waals surface area contributed by atoms with Crippen LogP contribution < -0.4 is 5.43 Å². The molecule has 1 heterocycles. The van der Waals surface area contributed by atoms with Gasteiger partial charge in [0.25, 0.3) is 0 Å². The van der Waals surface area contributed by atoms with Gasteiger partial charge >= 0.3 is 0 Å². The first-order valence-corrected chi connectivity index (χ1v) is 9.57. The number of nitrogens with zero attached hydrogens (tertiary/aromatic N) is 1. The Labute approximate surface area is 144 Å². The first-order valence-electron chi connectivity index (χ1n) is 9.57. The first-order chi connectivity index (χ1) is 11.8. The lowest BCUT2D eigenvalue weighted by Gasteiger charge is -2.27. The predicted molar refractivity (Wildman–Crippen MR) is 99.2 cm³/mol. The third kappa shape index (κ3) is 2.72. The molecule has 2 aromatic rings. The minimum atomic E-state index is 0.242. The van der Waals surface area contributed by atoms with Crippen LogP contribution in [0.4, 0.5) is 0 Å². The summed E-state index contributed by atoms with van der Waals surface area (Å²) in [5.74, 6) is 1.08. The number of aromatic nitrogens is 1. The van der Waals surface area contributed by atoms with E-state index in [2.05, 4.69) is 34.9 Å². The monoisotopic (exact) mass is 321 g/mol. The second kappa shape index (κ2) is 6.58. The molecule has 0 saturated heterocycles. The largest absolute Gasteiger partial charge is 0.317 e. The van der Waals surface area contributed by atoms with E-state index in [1.165, 1.54) is 68.4 Å². The van der Waals surface area contributed by atoms with Crippen molar-refractivity contribution in [1.82, 2.24) is 4.57 Å². The summed E-state index contributed by atoms with van der Waals surface area (Å²) in [4.78, 5) is 12.7. The summed E-state index contributed by atoms with van der Waals surface area (Å²) in [6, 6.07) is 12.6. The number of hydrogen-bond acceptors (Lipinski definition) is 1. The lowest BCUT2D eigenvalue weighted by molar-refractivity contribution is 0.611. The van der Waals surface area contributed by atoms with Crippen LogP contribution in [-0.4, -0.2) is 4.57 Å². The lowest BCUT2D eigenvalue weighted by Crippen LogP contribution is -2.22. The highest BCUT2D eigenvalue weighted by Crippen LogP contribution is 2.40. The third-order valence-corrected chi connectivity index (χ3v) is 6.06. The van der Waals surface area contributed by atoms with E-state index in [4.69, 9.17) is 0 Å². The van der Waals surface area contributed by atoms with Crippen LogP contribution in [0.1, 0.15) is 80.2 Å². The normalized spacial score (nSPS) is 19.2. The quantitative estimate of drug-likeness (QED) is 0.735. The molecule has 2 nitrogen and oxygen atoms in total. The molecule has 24 heavy (non-hydrogen) atoms. The van der Waals surface area contributed by atoms with Gasteiger partial charge in [0.1, 0.15) is 0 Å². The Morgan fingerprint density at radius 2 is 1.46 bits per heavy atom. The van der Waals surface area contributed by atoms with Crippen molar-refractivity contribution in [2.45, 2.75) is 70.1 Å². The van der Waals surface area contributed by atoms with Gasteiger partial charge in [-0.25, -0.2) is 0 Å². The van der Waals surface area contributed by atoms with Crippen LogP contribution >= 0.6 is 0 Å². The Hall–Kier alpha value is -1.83. The molecular formula is C22H27NO. The molecule has 2 fully saturated rings. The summed E-state index contributed by atoms with van der Waals surface area (Å²) in [5, 5.41) is 0. The Kier molecular flexibility index (Phi) is 4.30. The fourth-order valence-electron chi connectivity index (χ4n) is 4.82. The lowest BCUT2D eigenvalue weighted by atomic mass is 9.94. The zero-order chi connectivity index (χ0) is 16.5. The second-order valence-corrected chi connectivity index (χ2v) is 7.58. The highest BCUT2D eigenvalue weighted by Gasteiger charge is 2.28. The number of benzene rings is 1. The Bertz CT molecular complexity index is 763. The summed E-state index contributed by atoms with van der Waals surface area (Å²) >= 11 is 0. The van der Waals surface area contributed by atoms with Gasteiger partial charge in [-0.2, -0.15) is 0 Å². The highest BCUT2D eigenvalue weighted by atomic mass is 16.1. The molecule has 126 valence electrons. The van der Waals surface area contributed by atoms with Gasteiger partial charge in [-0.1, -0.05) is 43.9 Å². The smallest absolute Gasteiger partial charge is 0.185 e. The molecule has 0 spiro atoms. The van der Waals surface area contributed by atoms with Gasteiger partial charge in [-0.05, 0) is 56.6 Å². The van der Waals surface area contributed by atoms with Crippen molar-refractivity contribution in [1.29, 1.82) is 0 Å². The molecule has 0 amide bonds. The maximum Gasteiger partial charge on any atom is 0.185 e. The fourth-order valence-corrected chi connectivity index (χ4v) is 4.82. The SMILES string of the molecule is Cc1c(C2CCCC2)n(-c2ccccc2)c(C2CCCC2)cc1=O. The van der Waals surface area contributed by atoms with E-state index in [0.717, 1.165) is 5.56 Å². The molecule has 0 unspecified atom stereocenters. The molecule has 0 atom stereocenters. The Balaban J connectivity index is 1.97. The van der Waals surface area contributed by atoms with Crippen LogP contribution in [0.2, 0.25) is 0 Å². The van der Waals surface area contributed by atoms with Crippen molar-refractivity contribution in [2.24, 2.45) is 0 Å². The van der Waals surface area contributed by atoms with Gasteiger partial charge in [-0.3, -0.25) is 4.79 Å². The van der Waals surface area contributed by atoms with Crippen LogP contribution in [0.5, 0.6) is 0 Å². The molecule has 1 aromatic carbocycles. The average Bonchev–Trinajstić information content (AvgIpc) is 3.31. The first kappa shape index (κ1) is 15.7. The highest BCUT2D eigenvalue weighted by molar-refractivity contribution is 5.42. The van der Waals surface area contributed by atoms with E-state index in [-0.39, 0.29) is 5.43 Å². The van der Waals surface area contributed by atoms with Crippen LogP contribution in [-0.2, 0) is 0 Å². The Morgan fingerprint density at radius 1 is 0.875 bits per heavy atom. The molecule has 2 saturated carbocycles. The van der Waals surface area contributed by atoms with E-state index in [9.17, 15) is 4.79 Å². The van der Waals surface area contributed by atoms with Gasteiger partial charge in [-0.15, -0.1) is 0 Å². The van der Waals surface area contributed by atoms with Crippen LogP contribution in [0, 0.1) is 6.92 Å². The zero-order valence-corrected chi connectivity index (χ0v) is 14.6. The van der Waals surface area contributed by atoms with E-state index in [1.54, 1.807) is 0 Å². The van der Waals surface area contributed by atoms with Crippen molar-refractivity contribution in [3.05, 3.63) is 63.6 Å². The molecule has 1 aromatic heterocycles. The molecule has 4 rings (SSSR count). The van der Waals surface area contributed by atoms with E-state index in [1.807, 2.05) is 13.0 Å². The summed E-state index contributed by atoms with van der Waals surface area (Å²) in [6.45, 7) is 2.04. The molecule has 0 N–H and O–H groups in total. The number of rotatable bonds is 3. The minimum Gasteiger partial charge on any atom is -0.317 e. The van der Waals surface area contributed by atoms with E-state index < -0.39 is 0 Å². The second-order valence-electron chi connectivity index (χ2n) is 7.58. The van der Waals surface area contributed by atoms with Crippen LogP contribution in [0.15, 0.2) is 41.2 Å². The number of para-hydroxylation sites is 1. The molecular weight excluding hydrogens is 294 g/mol. The molecule has 2 aliphatic rings. The predicted octanol–water partition coefficient (Wildman–Crippen LogP) is 5.46. The summed E-state index contributed by atoms with van der Waals surface area (Å²) in [5.41, 5.74) is 4.99. The number of pyridine rings is 1. The van der Waals surface area contributed by atoms with Crippen molar-refractivity contribution in [3.8, 4) is 5.69 Å². The van der Waals surface area contributed by atoms with Crippen molar-refractivity contribution in [2.75, 3.05) is 0 Å². The zero-order valence-electron chi connectivity index (χ0n) is 14.6. The minimum absolute atomic E-state index is 0.242.